The van der Waals surface area contributed by atoms with Crippen LogP contribution in [-0.4, -0.2) is 55.8 Å². The topological polar surface area (TPSA) is 169 Å². The molecule has 1 amide bonds. The highest BCUT2D eigenvalue weighted by Gasteiger charge is 2.67. The molecule has 13 nitrogen and oxygen atoms in total. The third-order valence-corrected chi connectivity index (χ3v) is 12.2. The van der Waals surface area contributed by atoms with Crippen molar-refractivity contribution in [2.24, 2.45) is 24.6 Å². The van der Waals surface area contributed by atoms with Gasteiger partial charge >= 0.3 is 0 Å². The molecule has 322 valence electrons. The third-order valence-electron chi connectivity index (χ3n) is 11.3. The number of nitrogens with two attached hydrogens (primary N) is 1. The minimum atomic E-state index is -3.95. The molecule has 21 heteroatoms. The number of nitrogens with zero attached hydrogens (tertiary/aromatic N) is 6. The van der Waals surface area contributed by atoms with Crippen molar-refractivity contribution in [1.29, 1.82) is 0 Å². The number of aryl methyl sites for hydroxylation is 1. The second kappa shape index (κ2) is 14.8. The molecule has 0 aliphatic heterocycles. The molecule has 1 fully saturated rings. The second-order valence-electron chi connectivity index (χ2n) is 15.9. The number of carbonyl (C=O) groups is 1. The predicted octanol–water partition coefficient (Wildman–Crippen LogP) is 7.39. The number of hydrogen-bond acceptors (Lipinski definition) is 8. The Labute approximate surface area is 348 Å². The van der Waals surface area contributed by atoms with E-state index in [4.69, 9.17) is 27.1 Å². The molecule has 8 rings (SSSR count). The molecule has 6 aromatic rings. The number of carbonyl (C=O) groups excluding carboxylic acids is 1. The number of anilines is 1. The van der Waals surface area contributed by atoms with Gasteiger partial charge in [-0.05, 0) is 73.6 Å². The first-order chi connectivity index (χ1) is 28.6. The lowest BCUT2D eigenvalue weighted by atomic mass is 9.89. The summed E-state index contributed by atoms with van der Waals surface area (Å²) in [6.45, 7) is 5.66. The van der Waals surface area contributed by atoms with Gasteiger partial charge in [0, 0.05) is 30.7 Å². The quantitative estimate of drug-likeness (QED) is 0.113. The zero-order chi connectivity index (χ0) is 44.2. The Hall–Kier alpha value is -5.63. The number of amides is 1. The van der Waals surface area contributed by atoms with E-state index in [0.29, 0.717) is 10.7 Å². The predicted molar refractivity (Wildman–Crippen MR) is 213 cm³/mol. The number of primary amides is 1. The Morgan fingerprint density at radius 2 is 1.75 bits per heavy atom. The summed E-state index contributed by atoms with van der Waals surface area (Å²) >= 11 is 6.63. The van der Waals surface area contributed by atoms with Crippen molar-refractivity contribution in [2.45, 2.75) is 69.9 Å². The van der Waals surface area contributed by atoms with Crippen molar-refractivity contribution in [1.82, 2.24) is 29.1 Å². The number of ether oxygens (including phenoxy) is 1. The zero-order valence-corrected chi connectivity index (χ0v) is 34.5. The Bertz CT molecular complexity index is 2950. The van der Waals surface area contributed by atoms with Gasteiger partial charge in [-0.25, -0.2) is 35.6 Å². The lowest BCUT2D eigenvalue weighted by molar-refractivity contribution is -0.122. The van der Waals surface area contributed by atoms with E-state index in [1.807, 2.05) is 20.8 Å². The van der Waals surface area contributed by atoms with Gasteiger partial charge in [-0.3, -0.25) is 23.6 Å². The van der Waals surface area contributed by atoms with Crippen LogP contribution in [0.15, 0.2) is 53.3 Å². The number of fused-ring (bicyclic) bond motifs is 5. The van der Waals surface area contributed by atoms with Crippen LogP contribution in [0.5, 0.6) is 5.75 Å². The summed E-state index contributed by atoms with van der Waals surface area (Å²) < 4.78 is 127. The number of aromatic nitrogens is 6. The summed E-state index contributed by atoms with van der Waals surface area (Å²) in [7, 11) is -2.54. The molecule has 1 saturated carbocycles. The lowest BCUT2D eigenvalue weighted by Gasteiger charge is -2.30. The zero-order valence-electron chi connectivity index (χ0n) is 32.9. The first-order valence-electron chi connectivity index (χ1n) is 19.0. The van der Waals surface area contributed by atoms with Crippen molar-refractivity contribution in [3.63, 3.8) is 0 Å². The third kappa shape index (κ3) is 7.25. The summed E-state index contributed by atoms with van der Waals surface area (Å²) in [6, 6.07) is 7.29. The van der Waals surface area contributed by atoms with Gasteiger partial charge < -0.3 is 10.5 Å². The van der Waals surface area contributed by atoms with Crippen molar-refractivity contribution in [3.05, 3.63) is 104 Å². The fraction of sp³-hybridized carbons (Fsp3) is 0.375. The van der Waals surface area contributed by atoms with Gasteiger partial charge in [0.25, 0.3) is 17.9 Å². The van der Waals surface area contributed by atoms with Crippen molar-refractivity contribution in [2.75, 3.05) is 11.0 Å². The molecule has 3 heterocycles. The van der Waals surface area contributed by atoms with Crippen LogP contribution in [0.3, 0.4) is 0 Å². The van der Waals surface area contributed by atoms with E-state index >= 15 is 13.6 Å². The van der Waals surface area contributed by atoms with Crippen LogP contribution >= 0.6 is 11.6 Å². The van der Waals surface area contributed by atoms with Crippen LogP contribution < -0.4 is 20.8 Å². The summed E-state index contributed by atoms with van der Waals surface area (Å²) in [6.07, 6.45) is -3.55. The van der Waals surface area contributed by atoms with Gasteiger partial charge in [-0.2, -0.15) is 19.0 Å². The number of benzene rings is 3. The van der Waals surface area contributed by atoms with E-state index in [9.17, 15) is 30.8 Å². The average molecular weight is 891 g/mol. The Morgan fingerprint density at radius 3 is 2.38 bits per heavy atom. The molecule has 3 N–H and O–H groups in total. The fourth-order valence-corrected chi connectivity index (χ4v) is 9.04. The van der Waals surface area contributed by atoms with Crippen molar-refractivity contribution >= 4 is 55.2 Å². The van der Waals surface area contributed by atoms with Crippen LogP contribution in [0.4, 0.5) is 32.2 Å². The lowest BCUT2D eigenvalue weighted by Crippen LogP contribution is -2.39. The van der Waals surface area contributed by atoms with Crippen LogP contribution in [0.25, 0.3) is 27.5 Å². The van der Waals surface area contributed by atoms with Crippen LogP contribution in [0.1, 0.15) is 79.8 Å². The number of hydrogen-bond donors (Lipinski definition) is 2. The molecule has 61 heavy (non-hydrogen) atoms. The average Bonchev–Trinajstić information content (AvgIpc) is 3.68. The molecule has 1 unspecified atom stereocenters. The fourth-order valence-electron chi connectivity index (χ4n) is 8.31. The van der Waals surface area contributed by atoms with Gasteiger partial charge in [-0.1, -0.05) is 25.4 Å². The summed E-state index contributed by atoms with van der Waals surface area (Å²) in [5.41, 5.74) is 2.62. The number of rotatable bonds is 13. The Balaban J connectivity index is 1.49. The molecule has 3 aromatic carbocycles. The molecule has 0 spiro atoms. The second-order valence-corrected chi connectivity index (χ2v) is 18.0. The molecule has 2 aliphatic carbocycles. The minimum absolute atomic E-state index is 0.0111. The molecule has 0 bridgehead atoms. The van der Waals surface area contributed by atoms with Gasteiger partial charge in [0.05, 0.1) is 50.8 Å². The van der Waals surface area contributed by atoms with E-state index in [2.05, 4.69) is 14.9 Å². The van der Waals surface area contributed by atoms with E-state index in [1.165, 1.54) is 42.1 Å². The van der Waals surface area contributed by atoms with Gasteiger partial charge in [0.15, 0.2) is 5.82 Å². The van der Waals surface area contributed by atoms with E-state index in [1.54, 1.807) is 0 Å². The molecule has 5 atom stereocenters. The van der Waals surface area contributed by atoms with E-state index in [-0.39, 0.29) is 68.1 Å². The number of alkyl halides is 4. The molecular formula is C40H37ClF6N8O5S. The smallest absolute Gasteiger partial charge is 0.293 e. The van der Waals surface area contributed by atoms with E-state index in [0.717, 1.165) is 23.0 Å². The minimum Gasteiger partial charge on any atom is -0.490 e. The van der Waals surface area contributed by atoms with Crippen molar-refractivity contribution < 1.29 is 44.3 Å². The largest absolute Gasteiger partial charge is 0.490 e. The van der Waals surface area contributed by atoms with Crippen molar-refractivity contribution in [3.8, 4) is 11.4 Å². The summed E-state index contributed by atoms with van der Waals surface area (Å²) in [4.78, 5) is 33.9. The normalized spacial score (nSPS) is 18.4. The Kier molecular flexibility index (Phi) is 10.2. The Morgan fingerprint density at radius 1 is 1.07 bits per heavy atom. The standard InChI is InChI=1S/C40H37ClF6N8O5S/c1-16(2)17(3)60-21-6-7-22-27(14-21)49-38(54(39(22)57)28-9-8-26(41)30-33(28)53(4)51-37(30)52-61(5,58)59)24(12-18-10-19(42)13-20(43)11-18)32(36(48)56)55-34-29(31(50-55)35(44)45)23-15-25(23)40(34,46)47/h6-11,13-14,16-17,23-25,32,35H,12,15H2,1-5H3,(H2,48,56)(H,51,52)/t17-,23+,24+,25-,32?/m1/s1. The maximum atomic E-state index is 16.2. The first-order valence-corrected chi connectivity index (χ1v) is 21.2. The van der Waals surface area contributed by atoms with Gasteiger partial charge in [0.1, 0.15) is 40.6 Å². The molecule has 2 aliphatic rings. The number of sulfonamides is 1. The molecule has 0 radical (unpaired) electrons. The highest BCUT2D eigenvalue weighted by atomic mass is 35.5. The maximum Gasteiger partial charge on any atom is 0.293 e. The molecule has 0 saturated heterocycles. The monoisotopic (exact) mass is 890 g/mol. The highest BCUT2D eigenvalue weighted by Crippen LogP contribution is 2.68. The SMILES string of the molecule is CC(C)[C@@H](C)Oc1ccc2c(=O)n(-c3ccc(Cl)c4c(NS(C)(=O)=O)nn(C)c34)c([C@@H](Cc3cc(F)cc(F)c3)C(C(N)=O)n3nc(C(F)F)c4c3C(F)(F)[C@@H]3C[C@H]43)nc2c1. The van der Waals surface area contributed by atoms with Gasteiger partial charge in [-0.15, -0.1) is 0 Å². The van der Waals surface area contributed by atoms with E-state index < -0.39 is 98.5 Å². The summed E-state index contributed by atoms with van der Waals surface area (Å²) in [5, 5.41) is 8.17. The van der Waals surface area contributed by atoms with Crippen LogP contribution in [0.2, 0.25) is 5.02 Å². The molecular weight excluding hydrogens is 854 g/mol. The highest BCUT2D eigenvalue weighted by molar-refractivity contribution is 7.92. The summed E-state index contributed by atoms with van der Waals surface area (Å²) in [5.74, 6) is -11.7. The number of halogens is 7. The first kappa shape index (κ1) is 42.1. The maximum absolute atomic E-state index is 16.2. The van der Waals surface area contributed by atoms with Crippen LogP contribution in [0, 0.1) is 23.5 Å². The van der Waals surface area contributed by atoms with Gasteiger partial charge in [0.2, 0.25) is 15.9 Å². The number of nitrogens with one attached hydrogen (secondary N) is 1. The van der Waals surface area contributed by atoms with Crippen LogP contribution in [-0.2, 0) is 34.2 Å². The molecule has 3 aromatic heterocycles.